The minimum Gasteiger partial charge on any atom is -0.463 e. The quantitative estimate of drug-likeness (QED) is 0.253. The molecule has 0 aromatic heterocycles. The fraction of sp³-hybridized carbons (Fsp3) is 0.355. The Kier molecular flexibility index (Phi) is 9.97. The van der Waals surface area contributed by atoms with Crippen molar-refractivity contribution >= 4 is 11.8 Å². The molecule has 1 aliphatic rings. The first-order valence-corrected chi connectivity index (χ1v) is 12.9. The van der Waals surface area contributed by atoms with Crippen LogP contribution in [-0.2, 0) is 19.0 Å². The van der Waals surface area contributed by atoms with Crippen LogP contribution in [0.3, 0.4) is 0 Å². The molecule has 39 heavy (non-hydrogen) atoms. The monoisotopic (exact) mass is 534 g/mol. The van der Waals surface area contributed by atoms with Crippen LogP contribution in [0.5, 0.6) is 0 Å². The standard InChI is InChI=1S/C31H34O8/c1-37-31-30(36)29(35)28(34)26(39-31)19-38-27(33)18-24(21-13-7-3-8-14-21)23(20-11-5-2-6-12-20)17-25(32)22-15-9-4-10-16-22/h2-16,23-24,26,28-31,34-36H,17-19H2,1H3/t23?,24?,26-,28-,29+,30-,31-/m1/s1. The minimum atomic E-state index is -1.52. The number of ketones is 1. The Labute approximate surface area is 227 Å². The van der Waals surface area contributed by atoms with Crippen LogP contribution in [-0.4, -0.2) is 71.5 Å². The zero-order valence-electron chi connectivity index (χ0n) is 21.7. The first kappa shape index (κ1) is 28.6. The maximum Gasteiger partial charge on any atom is 0.306 e. The zero-order chi connectivity index (χ0) is 27.8. The van der Waals surface area contributed by atoms with Gasteiger partial charge in [0.25, 0.3) is 0 Å². The molecule has 0 radical (unpaired) electrons. The number of hydrogen-bond donors (Lipinski definition) is 3. The van der Waals surface area contributed by atoms with Gasteiger partial charge >= 0.3 is 5.97 Å². The molecule has 3 N–H and O–H groups in total. The van der Waals surface area contributed by atoms with Crippen molar-refractivity contribution < 1.29 is 39.1 Å². The van der Waals surface area contributed by atoms with E-state index in [0.717, 1.165) is 11.1 Å². The lowest BCUT2D eigenvalue weighted by molar-refractivity contribution is -0.295. The first-order valence-electron chi connectivity index (χ1n) is 12.9. The van der Waals surface area contributed by atoms with Crippen LogP contribution in [0.15, 0.2) is 91.0 Å². The number of benzene rings is 3. The van der Waals surface area contributed by atoms with E-state index in [9.17, 15) is 24.9 Å². The Balaban J connectivity index is 1.55. The molecule has 1 fully saturated rings. The van der Waals surface area contributed by atoms with E-state index in [2.05, 4.69) is 0 Å². The van der Waals surface area contributed by atoms with Gasteiger partial charge in [-0.1, -0.05) is 91.0 Å². The second-order valence-electron chi connectivity index (χ2n) is 9.67. The lowest BCUT2D eigenvalue weighted by Crippen LogP contribution is -2.59. The predicted molar refractivity (Wildman–Crippen MR) is 143 cm³/mol. The highest BCUT2D eigenvalue weighted by molar-refractivity contribution is 5.96. The van der Waals surface area contributed by atoms with Gasteiger partial charge in [-0.05, 0) is 17.0 Å². The molecule has 2 unspecified atom stereocenters. The number of Topliss-reactive ketones (excluding diaryl/α,β-unsaturated/α-hetero) is 1. The summed E-state index contributed by atoms with van der Waals surface area (Å²) in [6, 6.07) is 28.2. The Hall–Kier alpha value is -3.40. The molecule has 0 aliphatic carbocycles. The summed E-state index contributed by atoms with van der Waals surface area (Å²) in [7, 11) is 1.30. The van der Waals surface area contributed by atoms with E-state index in [-0.39, 0.29) is 37.1 Å². The number of aliphatic hydroxyl groups is 3. The summed E-state index contributed by atoms with van der Waals surface area (Å²) in [4.78, 5) is 26.5. The SMILES string of the molecule is CO[C@@H]1O[C@H](COC(=O)CC(c2ccccc2)C(CC(=O)c2ccccc2)c2ccccc2)[C@@H](O)[C@H](O)[C@H]1O. The number of carbonyl (C=O) groups is 2. The minimum absolute atomic E-state index is 0.0318. The Morgan fingerprint density at radius 3 is 1.79 bits per heavy atom. The van der Waals surface area contributed by atoms with E-state index in [1.54, 1.807) is 12.1 Å². The highest BCUT2D eigenvalue weighted by atomic mass is 16.7. The first-order chi connectivity index (χ1) is 18.9. The van der Waals surface area contributed by atoms with Crippen molar-refractivity contribution in [2.45, 2.75) is 55.4 Å². The molecule has 0 spiro atoms. The van der Waals surface area contributed by atoms with Gasteiger partial charge in [-0.25, -0.2) is 0 Å². The number of hydrogen-bond acceptors (Lipinski definition) is 8. The summed E-state index contributed by atoms with van der Waals surface area (Å²) in [5.41, 5.74) is 2.41. The molecule has 0 amide bonds. The van der Waals surface area contributed by atoms with Gasteiger partial charge in [-0.3, -0.25) is 9.59 Å². The molecule has 3 aromatic rings. The molecule has 8 heteroatoms. The van der Waals surface area contributed by atoms with Gasteiger partial charge in [0.15, 0.2) is 12.1 Å². The Morgan fingerprint density at radius 2 is 1.26 bits per heavy atom. The van der Waals surface area contributed by atoms with Crippen molar-refractivity contribution in [3.05, 3.63) is 108 Å². The van der Waals surface area contributed by atoms with Crippen LogP contribution in [0.25, 0.3) is 0 Å². The normalized spacial score (nSPS) is 24.5. The second kappa shape index (κ2) is 13.6. The molecule has 1 heterocycles. The molecule has 1 aliphatic heterocycles. The highest BCUT2D eigenvalue weighted by Gasteiger charge is 2.44. The van der Waals surface area contributed by atoms with E-state index in [0.29, 0.717) is 5.56 Å². The van der Waals surface area contributed by atoms with E-state index < -0.39 is 36.7 Å². The number of esters is 1. The van der Waals surface area contributed by atoms with Gasteiger partial charge in [0, 0.05) is 25.0 Å². The molecule has 3 aromatic carbocycles. The van der Waals surface area contributed by atoms with Crippen LogP contribution >= 0.6 is 0 Å². The van der Waals surface area contributed by atoms with E-state index >= 15 is 0 Å². The molecule has 0 saturated carbocycles. The Morgan fingerprint density at radius 1 is 0.744 bits per heavy atom. The van der Waals surface area contributed by atoms with E-state index in [1.807, 2.05) is 78.9 Å². The molecular formula is C31H34O8. The van der Waals surface area contributed by atoms with Gasteiger partial charge in [-0.2, -0.15) is 0 Å². The molecular weight excluding hydrogens is 500 g/mol. The summed E-state index contributed by atoms with van der Waals surface area (Å²) >= 11 is 0. The zero-order valence-corrected chi connectivity index (χ0v) is 21.7. The van der Waals surface area contributed by atoms with Gasteiger partial charge in [0.2, 0.25) is 0 Å². The third-order valence-electron chi connectivity index (χ3n) is 7.14. The molecule has 206 valence electrons. The van der Waals surface area contributed by atoms with Crippen LogP contribution in [0.4, 0.5) is 0 Å². The number of carbonyl (C=O) groups excluding carboxylic acids is 2. The van der Waals surface area contributed by atoms with Crippen molar-refractivity contribution in [2.75, 3.05) is 13.7 Å². The smallest absolute Gasteiger partial charge is 0.306 e. The van der Waals surface area contributed by atoms with Gasteiger partial charge in [0.05, 0.1) is 6.42 Å². The van der Waals surface area contributed by atoms with Gasteiger partial charge in [-0.15, -0.1) is 0 Å². The predicted octanol–water partition coefficient (Wildman–Crippen LogP) is 3.21. The average molecular weight is 535 g/mol. The molecule has 8 nitrogen and oxygen atoms in total. The molecule has 0 bridgehead atoms. The summed E-state index contributed by atoms with van der Waals surface area (Å²) in [6.07, 6.45) is -6.53. The van der Waals surface area contributed by atoms with Crippen molar-refractivity contribution in [1.82, 2.24) is 0 Å². The molecule has 7 atom stereocenters. The van der Waals surface area contributed by atoms with Crippen molar-refractivity contribution in [1.29, 1.82) is 0 Å². The van der Waals surface area contributed by atoms with Crippen LogP contribution in [0.1, 0.15) is 46.2 Å². The maximum absolute atomic E-state index is 13.3. The third-order valence-corrected chi connectivity index (χ3v) is 7.14. The van der Waals surface area contributed by atoms with Gasteiger partial charge < -0.3 is 29.5 Å². The average Bonchev–Trinajstić information content (AvgIpc) is 2.98. The summed E-state index contributed by atoms with van der Waals surface area (Å²) < 4.78 is 16.0. The van der Waals surface area contributed by atoms with E-state index in [4.69, 9.17) is 14.2 Å². The third kappa shape index (κ3) is 7.17. The number of methoxy groups -OCH3 is 1. The number of aliphatic hydroxyl groups excluding tert-OH is 3. The molecule has 1 saturated heterocycles. The fourth-order valence-corrected chi connectivity index (χ4v) is 4.99. The lowest BCUT2D eigenvalue weighted by atomic mass is 9.76. The van der Waals surface area contributed by atoms with Crippen LogP contribution in [0, 0.1) is 0 Å². The van der Waals surface area contributed by atoms with E-state index in [1.165, 1.54) is 7.11 Å². The molecule has 4 rings (SSSR count). The lowest BCUT2D eigenvalue weighted by Gasteiger charge is -2.39. The fourth-order valence-electron chi connectivity index (χ4n) is 4.99. The number of rotatable bonds is 11. The van der Waals surface area contributed by atoms with Crippen molar-refractivity contribution in [3.63, 3.8) is 0 Å². The van der Waals surface area contributed by atoms with Gasteiger partial charge in [0.1, 0.15) is 31.0 Å². The van der Waals surface area contributed by atoms with Crippen molar-refractivity contribution in [2.24, 2.45) is 0 Å². The summed E-state index contributed by atoms with van der Waals surface area (Å²) in [5.74, 6) is -1.29. The topological polar surface area (TPSA) is 123 Å². The Bertz CT molecular complexity index is 1180. The summed E-state index contributed by atoms with van der Waals surface area (Å²) in [6.45, 7) is -0.343. The van der Waals surface area contributed by atoms with Crippen LogP contribution in [0.2, 0.25) is 0 Å². The number of ether oxygens (including phenoxy) is 3. The van der Waals surface area contributed by atoms with Crippen molar-refractivity contribution in [3.8, 4) is 0 Å². The summed E-state index contributed by atoms with van der Waals surface area (Å²) in [5, 5.41) is 30.4. The van der Waals surface area contributed by atoms with Crippen LogP contribution < -0.4 is 0 Å². The second-order valence-corrected chi connectivity index (χ2v) is 9.67. The highest BCUT2D eigenvalue weighted by Crippen LogP contribution is 2.39. The maximum atomic E-state index is 13.3. The largest absolute Gasteiger partial charge is 0.463 e.